The quantitative estimate of drug-likeness (QED) is 0.243. The van der Waals surface area contributed by atoms with Crippen molar-refractivity contribution in [3.63, 3.8) is 0 Å². The molecule has 1 aliphatic carbocycles. The van der Waals surface area contributed by atoms with Crippen LogP contribution >= 0.6 is 23.2 Å². The molecule has 1 atom stereocenters. The summed E-state index contributed by atoms with van der Waals surface area (Å²) in [5.41, 5.74) is 7.51. The molecule has 3 aromatic rings. The number of carbonyl (C=O) groups excluding carboxylic acids is 1. The van der Waals surface area contributed by atoms with Crippen molar-refractivity contribution in [2.75, 3.05) is 44.9 Å². The maximum atomic E-state index is 12.8. The van der Waals surface area contributed by atoms with Crippen LogP contribution in [-0.2, 0) is 16.0 Å². The number of methoxy groups -OCH3 is 1. The van der Waals surface area contributed by atoms with Crippen molar-refractivity contribution < 1.29 is 18.7 Å². The van der Waals surface area contributed by atoms with Gasteiger partial charge in [-0.2, -0.15) is 0 Å². The SMILES string of the molecule is COC1=CCN(c2ccc3c(c2)CCCC(c2ccc(Cl)cc2Cl)=C3c2ccc(OC3CCN(CCCF)C3)cc2)C1=O. The summed E-state index contributed by atoms with van der Waals surface area (Å²) in [5.74, 6) is 1.08. The predicted octanol–water partition coefficient (Wildman–Crippen LogP) is 7.98. The highest BCUT2D eigenvalue weighted by Gasteiger charge is 2.28. The summed E-state index contributed by atoms with van der Waals surface area (Å²) >= 11 is 13.1. The molecule has 2 aliphatic heterocycles. The van der Waals surface area contributed by atoms with Gasteiger partial charge in [0, 0.05) is 41.9 Å². The number of likely N-dealkylation sites (tertiary alicyclic amines) is 1. The Morgan fingerprint density at radius 3 is 2.56 bits per heavy atom. The average Bonchev–Trinajstić information content (AvgIpc) is 3.56. The van der Waals surface area contributed by atoms with Crippen molar-refractivity contribution in [2.45, 2.75) is 38.2 Å². The predicted molar refractivity (Wildman–Crippen MR) is 172 cm³/mol. The summed E-state index contributed by atoms with van der Waals surface area (Å²) < 4.78 is 24.2. The highest BCUT2D eigenvalue weighted by atomic mass is 35.5. The Balaban J connectivity index is 1.35. The third-order valence-corrected chi connectivity index (χ3v) is 9.07. The van der Waals surface area contributed by atoms with Crippen LogP contribution in [0.4, 0.5) is 10.1 Å². The second kappa shape index (κ2) is 13.1. The van der Waals surface area contributed by atoms with E-state index in [1.165, 1.54) is 18.2 Å². The van der Waals surface area contributed by atoms with Crippen molar-refractivity contribution >= 4 is 45.9 Å². The van der Waals surface area contributed by atoms with Gasteiger partial charge in [0.2, 0.25) is 0 Å². The molecule has 6 rings (SSSR count). The van der Waals surface area contributed by atoms with E-state index in [4.69, 9.17) is 32.7 Å². The summed E-state index contributed by atoms with van der Waals surface area (Å²) in [4.78, 5) is 16.9. The van der Waals surface area contributed by atoms with E-state index in [0.717, 1.165) is 79.0 Å². The zero-order valence-corrected chi connectivity index (χ0v) is 25.8. The lowest BCUT2D eigenvalue weighted by molar-refractivity contribution is -0.117. The number of halogens is 3. The molecule has 0 N–H and O–H groups in total. The number of allylic oxidation sites excluding steroid dienone is 1. The number of benzene rings is 3. The smallest absolute Gasteiger partial charge is 0.293 e. The number of aryl methyl sites for hydroxylation is 1. The molecule has 224 valence electrons. The third kappa shape index (κ3) is 6.33. The largest absolute Gasteiger partial charge is 0.491 e. The molecule has 1 amide bonds. The number of anilines is 1. The molecule has 0 bridgehead atoms. The van der Waals surface area contributed by atoms with Crippen LogP contribution < -0.4 is 9.64 Å². The van der Waals surface area contributed by atoms with E-state index in [9.17, 15) is 9.18 Å². The molecule has 1 fully saturated rings. The Morgan fingerprint density at radius 1 is 1.00 bits per heavy atom. The maximum Gasteiger partial charge on any atom is 0.293 e. The van der Waals surface area contributed by atoms with E-state index >= 15 is 0 Å². The molecular weight excluding hydrogens is 586 g/mol. The lowest BCUT2D eigenvalue weighted by Gasteiger charge is -2.21. The Kier molecular flexibility index (Phi) is 9.08. The first kappa shape index (κ1) is 29.7. The Morgan fingerprint density at radius 2 is 1.81 bits per heavy atom. The van der Waals surface area contributed by atoms with Crippen LogP contribution in [0.25, 0.3) is 11.1 Å². The van der Waals surface area contributed by atoms with Crippen LogP contribution in [0.5, 0.6) is 5.75 Å². The molecule has 2 heterocycles. The van der Waals surface area contributed by atoms with Crippen molar-refractivity contribution in [1.29, 1.82) is 0 Å². The minimum absolute atomic E-state index is 0.103. The molecule has 0 aromatic heterocycles. The van der Waals surface area contributed by atoms with Gasteiger partial charge in [-0.1, -0.05) is 47.5 Å². The van der Waals surface area contributed by atoms with E-state index in [2.05, 4.69) is 29.2 Å². The first-order chi connectivity index (χ1) is 20.9. The molecule has 0 radical (unpaired) electrons. The zero-order chi connectivity index (χ0) is 29.9. The van der Waals surface area contributed by atoms with Gasteiger partial charge >= 0.3 is 0 Å². The van der Waals surface area contributed by atoms with E-state index < -0.39 is 0 Å². The van der Waals surface area contributed by atoms with Gasteiger partial charge < -0.3 is 14.4 Å². The first-order valence-electron chi connectivity index (χ1n) is 14.9. The molecule has 8 heteroatoms. The highest BCUT2D eigenvalue weighted by Crippen LogP contribution is 2.43. The van der Waals surface area contributed by atoms with E-state index in [-0.39, 0.29) is 18.7 Å². The van der Waals surface area contributed by atoms with Gasteiger partial charge in [0.15, 0.2) is 5.76 Å². The van der Waals surface area contributed by atoms with Crippen LogP contribution in [0.15, 0.2) is 72.5 Å². The average molecular weight is 622 g/mol. The summed E-state index contributed by atoms with van der Waals surface area (Å²) in [6.07, 6.45) is 6.08. The number of hydrogen-bond acceptors (Lipinski definition) is 4. The molecule has 3 aromatic carbocycles. The van der Waals surface area contributed by atoms with Crippen LogP contribution in [0.1, 0.15) is 47.9 Å². The maximum absolute atomic E-state index is 12.8. The Labute approximate surface area is 262 Å². The fourth-order valence-electron chi connectivity index (χ4n) is 6.42. The summed E-state index contributed by atoms with van der Waals surface area (Å²) in [7, 11) is 1.53. The van der Waals surface area contributed by atoms with Crippen LogP contribution in [0, 0.1) is 0 Å². The Bertz CT molecular complexity index is 1570. The monoisotopic (exact) mass is 620 g/mol. The van der Waals surface area contributed by atoms with Crippen molar-refractivity contribution in [1.82, 2.24) is 4.90 Å². The van der Waals surface area contributed by atoms with Gasteiger partial charge in [0.05, 0.1) is 13.8 Å². The fourth-order valence-corrected chi connectivity index (χ4v) is 6.94. The summed E-state index contributed by atoms with van der Waals surface area (Å²) in [6.45, 7) is 2.74. The minimum Gasteiger partial charge on any atom is -0.491 e. The van der Waals surface area contributed by atoms with Gasteiger partial charge in [-0.3, -0.25) is 14.1 Å². The zero-order valence-electron chi connectivity index (χ0n) is 24.3. The van der Waals surface area contributed by atoms with Crippen LogP contribution in [-0.4, -0.2) is 56.9 Å². The molecule has 0 spiro atoms. The van der Waals surface area contributed by atoms with Gasteiger partial charge in [0.1, 0.15) is 11.9 Å². The number of ether oxygens (including phenoxy) is 2. The number of amides is 1. The third-order valence-electron chi connectivity index (χ3n) is 8.52. The van der Waals surface area contributed by atoms with Gasteiger partial charge in [-0.15, -0.1) is 0 Å². The normalized spacial score (nSPS) is 19.0. The molecule has 3 aliphatic rings. The number of hydrogen-bond donors (Lipinski definition) is 0. The molecule has 0 saturated carbocycles. The van der Waals surface area contributed by atoms with Crippen molar-refractivity contribution in [3.05, 3.63) is 105 Å². The lowest BCUT2D eigenvalue weighted by Crippen LogP contribution is -2.27. The molecular formula is C35H35Cl2FN2O3. The summed E-state index contributed by atoms with van der Waals surface area (Å²) in [5, 5.41) is 1.23. The van der Waals surface area contributed by atoms with Gasteiger partial charge in [0.25, 0.3) is 5.91 Å². The van der Waals surface area contributed by atoms with E-state index in [1.807, 2.05) is 36.4 Å². The number of nitrogens with zero attached hydrogens (tertiary/aromatic N) is 2. The van der Waals surface area contributed by atoms with E-state index in [1.54, 1.807) is 11.0 Å². The van der Waals surface area contributed by atoms with Crippen molar-refractivity contribution in [2.24, 2.45) is 0 Å². The first-order valence-corrected chi connectivity index (χ1v) is 15.6. The fraction of sp³-hybridized carbons (Fsp3) is 0.343. The standard InChI is InChI=1S/C35H35Cl2FN2O3/c1-42-33-15-19-40(35(33)41)26-9-13-29-24(20-26)4-2-5-31(30-12-8-25(36)21-32(30)37)34(29)23-6-10-27(11-7-23)43-28-14-18-39(22-28)17-3-16-38/h6-13,15,20-21,28H,2-5,14,16-19,22H2,1H3. The van der Waals surface area contributed by atoms with Crippen molar-refractivity contribution in [3.8, 4) is 5.75 Å². The lowest BCUT2D eigenvalue weighted by atomic mass is 9.87. The second-order valence-electron chi connectivity index (χ2n) is 11.3. The highest BCUT2D eigenvalue weighted by molar-refractivity contribution is 6.36. The van der Waals surface area contributed by atoms with Crippen LogP contribution in [0.3, 0.4) is 0 Å². The molecule has 43 heavy (non-hydrogen) atoms. The van der Waals surface area contributed by atoms with Gasteiger partial charge in [-0.25, -0.2) is 0 Å². The van der Waals surface area contributed by atoms with E-state index in [0.29, 0.717) is 28.8 Å². The number of carbonyl (C=O) groups is 1. The molecule has 1 unspecified atom stereocenters. The Hall–Kier alpha value is -3.32. The minimum atomic E-state index is -0.282. The number of fused-ring (bicyclic) bond motifs is 1. The topological polar surface area (TPSA) is 42.0 Å². The number of rotatable bonds is 9. The summed E-state index contributed by atoms with van der Waals surface area (Å²) in [6, 6.07) is 20.3. The number of alkyl halides is 1. The molecule has 5 nitrogen and oxygen atoms in total. The van der Waals surface area contributed by atoms with Crippen LogP contribution in [0.2, 0.25) is 10.0 Å². The molecule has 1 saturated heterocycles. The second-order valence-corrected chi connectivity index (χ2v) is 12.1. The van der Waals surface area contributed by atoms with Gasteiger partial charge in [-0.05, 0) is 108 Å².